The zero-order chi connectivity index (χ0) is 17.2. The fourth-order valence-corrected chi connectivity index (χ4v) is 4.03. The zero-order valence-electron chi connectivity index (χ0n) is 14.8. The van der Waals surface area contributed by atoms with Gasteiger partial charge in [0, 0.05) is 13.1 Å². The van der Waals surface area contributed by atoms with Crippen molar-refractivity contribution in [1.82, 2.24) is 9.80 Å². The van der Waals surface area contributed by atoms with Crippen LogP contribution in [-0.2, 0) is 0 Å². The topological polar surface area (TPSA) is 53.0 Å². The molecule has 2 saturated heterocycles. The van der Waals surface area contributed by atoms with Crippen molar-refractivity contribution in [3.8, 4) is 11.5 Å². The van der Waals surface area contributed by atoms with E-state index in [4.69, 9.17) is 4.74 Å². The molecule has 2 fully saturated rings. The van der Waals surface area contributed by atoms with Crippen LogP contribution >= 0.6 is 0 Å². The lowest BCUT2D eigenvalue weighted by molar-refractivity contribution is 0.0731. The highest BCUT2D eigenvalue weighted by atomic mass is 16.5. The lowest BCUT2D eigenvalue weighted by Gasteiger charge is -2.40. The van der Waals surface area contributed by atoms with Gasteiger partial charge in [0.2, 0.25) is 0 Å². The summed E-state index contributed by atoms with van der Waals surface area (Å²) in [5, 5.41) is 10.1. The molecule has 132 valence electrons. The molecule has 5 nitrogen and oxygen atoms in total. The average molecular weight is 332 g/mol. The number of benzene rings is 1. The smallest absolute Gasteiger partial charge is 0.257 e. The molecule has 1 aromatic carbocycles. The molecule has 1 aromatic rings. The van der Waals surface area contributed by atoms with Crippen molar-refractivity contribution >= 4 is 5.91 Å². The Bertz CT molecular complexity index is 594. The third kappa shape index (κ3) is 3.51. The number of nitrogens with zero attached hydrogens (tertiary/aromatic N) is 2. The van der Waals surface area contributed by atoms with Crippen LogP contribution in [0.1, 0.15) is 42.5 Å². The predicted octanol–water partition coefficient (Wildman–Crippen LogP) is 2.74. The van der Waals surface area contributed by atoms with Gasteiger partial charge in [-0.3, -0.25) is 4.79 Å². The van der Waals surface area contributed by atoms with Crippen LogP contribution in [-0.4, -0.2) is 61.2 Å². The van der Waals surface area contributed by atoms with E-state index in [9.17, 15) is 9.90 Å². The van der Waals surface area contributed by atoms with Crippen LogP contribution in [0.4, 0.5) is 0 Å². The van der Waals surface area contributed by atoms with Gasteiger partial charge >= 0.3 is 0 Å². The molecular formula is C19H28N2O3. The Labute approximate surface area is 144 Å². The fourth-order valence-electron chi connectivity index (χ4n) is 4.03. The SMILES string of the molecule is COc1ccc(O)c(C(=O)N2CCCC3(CCN(C)CC3)CC2)c1. The molecule has 0 atom stereocenters. The van der Waals surface area contributed by atoms with Crippen molar-refractivity contribution in [2.24, 2.45) is 5.41 Å². The minimum atomic E-state index is -0.0867. The average Bonchev–Trinajstić information content (AvgIpc) is 2.80. The molecule has 3 rings (SSSR count). The molecule has 24 heavy (non-hydrogen) atoms. The standard InChI is InChI=1S/C19H28N2O3/c1-20-11-7-19(8-12-20)6-3-10-21(13-9-19)18(23)16-14-15(24-2)4-5-17(16)22/h4-5,14,22H,3,6-13H2,1-2H3. The number of rotatable bonds is 2. The van der Waals surface area contributed by atoms with Gasteiger partial charge in [-0.1, -0.05) is 0 Å². The van der Waals surface area contributed by atoms with Crippen LogP contribution in [0, 0.1) is 5.41 Å². The first-order valence-electron chi connectivity index (χ1n) is 8.88. The molecule has 1 spiro atoms. The summed E-state index contributed by atoms with van der Waals surface area (Å²) in [4.78, 5) is 17.2. The number of amides is 1. The van der Waals surface area contributed by atoms with Gasteiger partial charge in [-0.25, -0.2) is 0 Å². The number of carbonyl (C=O) groups is 1. The van der Waals surface area contributed by atoms with E-state index in [-0.39, 0.29) is 11.7 Å². The highest BCUT2D eigenvalue weighted by Crippen LogP contribution is 2.41. The van der Waals surface area contributed by atoms with E-state index in [0.717, 1.165) is 39.0 Å². The number of methoxy groups -OCH3 is 1. The maximum absolute atomic E-state index is 12.9. The quantitative estimate of drug-likeness (QED) is 0.905. The Morgan fingerprint density at radius 1 is 1.12 bits per heavy atom. The summed E-state index contributed by atoms with van der Waals surface area (Å²) in [6.07, 6.45) is 5.78. The van der Waals surface area contributed by atoms with Crippen LogP contribution < -0.4 is 4.74 Å². The highest BCUT2D eigenvalue weighted by molar-refractivity contribution is 5.97. The Hall–Kier alpha value is -1.75. The molecule has 1 amide bonds. The number of hydrogen-bond donors (Lipinski definition) is 1. The van der Waals surface area contributed by atoms with Crippen LogP contribution in [0.3, 0.4) is 0 Å². The molecule has 2 aliphatic heterocycles. The minimum absolute atomic E-state index is 0.0269. The summed E-state index contributed by atoms with van der Waals surface area (Å²) in [7, 11) is 3.75. The number of carbonyl (C=O) groups excluding carboxylic acids is 1. The van der Waals surface area contributed by atoms with Crippen LogP contribution in [0.25, 0.3) is 0 Å². The Kier molecular flexibility index (Phi) is 4.99. The Morgan fingerprint density at radius 2 is 1.83 bits per heavy atom. The van der Waals surface area contributed by atoms with Crippen molar-refractivity contribution in [3.63, 3.8) is 0 Å². The minimum Gasteiger partial charge on any atom is -0.507 e. The molecule has 0 aliphatic carbocycles. The van der Waals surface area contributed by atoms with E-state index in [0.29, 0.717) is 16.7 Å². The van der Waals surface area contributed by atoms with Gasteiger partial charge in [0.05, 0.1) is 12.7 Å². The number of phenolic OH excluding ortho intramolecular Hbond substituents is 1. The van der Waals surface area contributed by atoms with Crippen LogP contribution in [0.2, 0.25) is 0 Å². The Morgan fingerprint density at radius 3 is 2.54 bits per heavy atom. The fraction of sp³-hybridized carbons (Fsp3) is 0.632. The Balaban J connectivity index is 1.71. The van der Waals surface area contributed by atoms with Crippen LogP contribution in [0.15, 0.2) is 18.2 Å². The zero-order valence-corrected chi connectivity index (χ0v) is 14.8. The van der Waals surface area contributed by atoms with Gasteiger partial charge in [-0.2, -0.15) is 0 Å². The predicted molar refractivity (Wildman–Crippen MR) is 93.6 cm³/mol. The van der Waals surface area contributed by atoms with E-state index in [1.807, 2.05) is 4.90 Å². The van der Waals surface area contributed by atoms with Gasteiger partial charge in [-0.15, -0.1) is 0 Å². The second-order valence-corrected chi connectivity index (χ2v) is 7.33. The second kappa shape index (κ2) is 7.01. The van der Waals surface area contributed by atoms with Crippen molar-refractivity contribution < 1.29 is 14.6 Å². The van der Waals surface area contributed by atoms with E-state index >= 15 is 0 Å². The lowest BCUT2D eigenvalue weighted by Crippen LogP contribution is -2.39. The molecule has 0 radical (unpaired) electrons. The molecule has 2 aliphatic rings. The molecule has 0 saturated carbocycles. The van der Waals surface area contributed by atoms with Crippen molar-refractivity contribution in [1.29, 1.82) is 0 Å². The number of likely N-dealkylation sites (tertiary alicyclic amines) is 2. The molecule has 0 aromatic heterocycles. The van der Waals surface area contributed by atoms with Gasteiger partial charge in [0.15, 0.2) is 0 Å². The lowest BCUT2D eigenvalue weighted by atomic mass is 9.73. The number of phenols is 1. The monoisotopic (exact) mass is 332 g/mol. The molecule has 5 heteroatoms. The van der Waals surface area contributed by atoms with E-state index in [1.165, 1.54) is 25.3 Å². The van der Waals surface area contributed by atoms with Crippen LogP contribution in [0.5, 0.6) is 11.5 Å². The largest absolute Gasteiger partial charge is 0.507 e. The molecule has 1 N–H and O–H groups in total. The van der Waals surface area contributed by atoms with Crippen molar-refractivity contribution in [2.75, 3.05) is 40.3 Å². The molecular weight excluding hydrogens is 304 g/mol. The normalized spacial score (nSPS) is 21.5. The summed E-state index contributed by atoms with van der Waals surface area (Å²) in [6.45, 7) is 3.86. The highest BCUT2D eigenvalue weighted by Gasteiger charge is 2.36. The second-order valence-electron chi connectivity index (χ2n) is 7.33. The maximum Gasteiger partial charge on any atom is 0.257 e. The third-order valence-corrected chi connectivity index (χ3v) is 5.82. The van der Waals surface area contributed by atoms with E-state index in [1.54, 1.807) is 19.2 Å². The van der Waals surface area contributed by atoms with E-state index < -0.39 is 0 Å². The summed E-state index contributed by atoms with van der Waals surface area (Å²) < 4.78 is 5.19. The number of hydrogen-bond acceptors (Lipinski definition) is 4. The summed E-state index contributed by atoms with van der Waals surface area (Å²) in [5.41, 5.74) is 0.742. The number of aromatic hydroxyl groups is 1. The van der Waals surface area contributed by atoms with Crippen molar-refractivity contribution in [2.45, 2.75) is 32.1 Å². The molecule has 0 bridgehead atoms. The van der Waals surface area contributed by atoms with E-state index in [2.05, 4.69) is 11.9 Å². The number of piperidine rings is 1. The first-order chi connectivity index (χ1) is 11.5. The van der Waals surface area contributed by atoms with Gasteiger partial charge in [0.1, 0.15) is 11.5 Å². The first kappa shape index (κ1) is 17.1. The van der Waals surface area contributed by atoms with Gasteiger partial charge < -0.3 is 19.6 Å². The summed E-state index contributed by atoms with van der Waals surface area (Å²) in [6, 6.07) is 4.83. The number of ether oxygens (including phenoxy) is 1. The molecule has 2 heterocycles. The maximum atomic E-state index is 12.9. The van der Waals surface area contributed by atoms with Gasteiger partial charge in [0.25, 0.3) is 5.91 Å². The third-order valence-electron chi connectivity index (χ3n) is 5.82. The summed E-state index contributed by atoms with van der Waals surface area (Å²) >= 11 is 0. The van der Waals surface area contributed by atoms with Gasteiger partial charge in [-0.05, 0) is 75.9 Å². The summed E-state index contributed by atoms with van der Waals surface area (Å²) in [5.74, 6) is 0.535. The first-order valence-corrected chi connectivity index (χ1v) is 8.88. The molecule has 0 unspecified atom stereocenters. The van der Waals surface area contributed by atoms with Crippen molar-refractivity contribution in [3.05, 3.63) is 23.8 Å².